The van der Waals surface area contributed by atoms with E-state index in [0.717, 1.165) is 12.1 Å². The Bertz CT molecular complexity index is 372. The summed E-state index contributed by atoms with van der Waals surface area (Å²) >= 11 is 0. The molecule has 0 aliphatic heterocycles. The first-order valence-electron chi connectivity index (χ1n) is 5.52. The van der Waals surface area contributed by atoms with Gasteiger partial charge in [0.05, 0.1) is 5.54 Å². The minimum absolute atomic E-state index is 0.125. The van der Waals surface area contributed by atoms with Gasteiger partial charge >= 0.3 is 0 Å². The summed E-state index contributed by atoms with van der Waals surface area (Å²) in [6, 6.07) is 6.82. The summed E-state index contributed by atoms with van der Waals surface area (Å²) in [5.74, 6) is 0.325. The van der Waals surface area contributed by atoms with Crippen LogP contribution in [0.2, 0.25) is 0 Å². The van der Waals surface area contributed by atoms with Crippen LogP contribution in [0.5, 0.6) is 5.75 Å². The number of likely N-dealkylation sites (N-methyl/N-ethyl adjacent to an activating group) is 1. The lowest BCUT2D eigenvalue weighted by atomic mass is 9.93. The molecule has 2 N–H and O–H groups in total. The van der Waals surface area contributed by atoms with E-state index in [9.17, 15) is 9.90 Å². The number of Topliss-reactive ketones (excluding diaryl/α,β-unsaturated/α-hetero) is 1. The molecule has 0 fully saturated rings. The Labute approximate surface area is 96.5 Å². The fourth-order valence-corrected chi connectivity index (χ4v) is 1.61. The van der Waals surface area contributed by atoms with E-state index < -0.39 is 5.54 Å². The van der Waals surface area contributed by atoms with Gasteiger partial charge in [0.25, 0.3) is 0 Å². The molecule has 3 heteroatoms. The van der Waals surface area contributed by atoms with Gasteiger partial charge in [-0.25, -0.2) is 0 Å². The molecule has 1 aromatic carbocycles. The first-order chi connectivity index (χ1) is 7.45. The highest BCUT2D eigenvalue weighted by Gasteiger charge is 2.25. The number of ketones is 1. The predicted molar refractivity (Wildman–Crippen MR) is 64.6 cm³/mol. The average Bonchev–Trinajstić information content (AvgIpc) is 2.17. The van der Waals surface area contributed by atoms with Crippen LogP contribution in [0.1, 0.15) is 26.3 Å². The number of benzene rings is 1. The minimum atomic E-state index is -0.514. The highest BCUT2D eigenvalue weighted by Crippen LogP contribution is 2.14. The van der Waals surface area contributed by atoms with E-state index in [4.69, 9.17) is 0 Å². The topological polar surface area (TPSA) is 49.3 Å². The highest BCUT2D eigenvalue weighted by atomic mass is 16.3. The number of aromatic hydroxyl groups is 1. The summed E-state index contributed by atoms with van der Waals surface area (Å²) in [4.78, 5) is 12.0. The van der Waals surface area contributed by atoms with E-state index in [-0.39, 0.29) is 11.5 Å². The Balaban J connectivity index is 2.71. The molecule has 88 valence electrons. The maximum atomic E-state index is 12.0. The zero-order valence-electron chi connectivity index (χ0n) is 10.1. The molecule has 0 heterocycles. The maximum absolute atomic E-state index is 12.0. The van der Waals surface area contributed by atoms with Crippen LogP contribution in [-0.4, -0.2) is 23.0 Å². The van der Waals surface area contributed by atoms with E-state index in [1.807, 2.05) is 26.8 Å². The first-order valence-corrected chi connectivity index (χ1v) is 5.52. The molecule has 0 unspecified atom stereocenters. The second-order valence-corrected chi connectivity index (χ2v) is 4.43. The van der Waals surface area contributed by atoms with Gasteiger partial charge in [0, 0.05) is 6.42 Å². The van der Waals surface area contributed by atoms with Crippen molar-refractivity contribution in [2.75, 3.05) is 6.54 Å². The molecule has 16 heavy (non-hydrogen) atoms. The molecule has 0 bridgehead atoms. The van der Waals surface area contributed by atoms with Crippen molar-refractivity contribution in [3.8, 4) is 5.75 Å². The lowest BCUT2D eigenvalue weighted by Crippen LogP contribution is -2.47. The molecule has 0 saturated carbocycles. The smallest absolute Gasteiger partial charge is 0.156 e. The predicted octanol–water partition coefficient (Wildman–Crippen LogP) is 1.89. The quantitative estimate of drug-likeness (QED) is 0.798. The number of hydrogen-bond donors (Lipinski definition) is 2. The van der Waals surface area contributed by atoms with E-state index in [2.05, 4.69) is 5.32 Å². The number of carbonyl (C=O) groups excluding carboxylic acids is 1. The lowest BCUT2D eigenvalue weighted by Gasteiger charge is -2.24. The van der Waals surface area contributed by atoms with Crippen LogP contribution in [0, 0.1) is 0 Å². The van der Waals surface area contributed by atoms with E-state index >= 15 is 0 Å². The average molecular weight is 221 g/mol. The number of hydrogen-bond acceptors (Lipinski definition) is 3. The second-order valence-electron chi connectivity index (χ2n) is 4.43. The van der Waals surface area contributed by atoms with Crippen molar-refractivity contribution in [2.45, 2.75) is 32.7 Å². The molecule has 3 nitrogen and oxygen atoms in total. The van der Waals surface area contributed by atoms with Gasteiger partial charge in [0.2, 0.25) is 0 Å². The molecular weight excluding hydrogens is 202 g/mol. The zero-order valence-corrected chi connectivity index (χ0v) is 10.1. The van der Waals surface area contributed by atoms with E-state index in [1.165, 1.54) is 0 Å². The van der Waals surface area contributed by atoms with Crippen LogP contribution < -0.4 is 5.32 Å². The van der Waals surface area contributed by atoms with Crippen molar-refractivity contribution < 1.29 is 9.90 Å². The maximum Gasteiger partial charge on any atom is 0.156 e. The third kappa shape index (κ3) is 3.35. The summed E-state index contributed by atoms with van der Waals surface area (Å²) in [7, 11) is 0. The van der Waals surface area contributed by atoms with Gasteiger partial charge < -0.3 is 10.4 Å². The van der Waals surface area contributed by atoms with Crippen LogP contribution >= 0.6 is 0 Å². The van der Waals surface area contributed by atoms with Gasteiger partial charge in [-0.05, 0) is 38.1 Å². The Morgan fingerprint density at radius 3 is 2.69 bits per heavy atom. The molecular formula is C13H19NO2. The number of phenolic OH excluding ortho intramolecular Hbond substituents is 1. The van der Waals surface area contributed by atoms with Crippen LogP contribution in [0.15, 0.2) is 24.3 Å². The van der Waals surface area contributed by atoms with Gasteiger partial charge in [-0.15, -0.1) is 0 Å². The van der Waals surface area contributed by atoms with Crippen molar-refractivity contribution in [2.24, 2.45) is 0 Å². The largest absolute Gasteiger partial charge is 0.508 e. The van der Waals surface area contributed by atoms with Gasteiger partial charge in [0.15, 0.2) is 5.78 Å². The molecule has 0 amide bonds. The Morgan fingerprint density at radius 1 is 1.44 bits per heavy atom. The summed E-state index contributed by atoms with van der Waals surface area (Å²) in [5, 5.41) is 12.4. The molecule has 0 radical (unpaired) electrons. The number of carbonyl (C=O) groups is 1. The number of phenols is 1. The Kier molecular flexibility index (Phi) is 4.07. The zero-order chi connectivity index (χ0) is 12.2. The third-order valence-corrected chi connectivity index (χ3v) is 2.59. The molecule has 0 aromatic heterocycles. The van der Waals surface area contributed by atoms with E-state index in [0.29, 0.717) is 6.42 Å². The Hall–Kier alpha value is -1.35. The van der Waals surface area contributed by atoms with Crippen molar-refractivity contribution in [3.63, 3.8) is 0 Å². The standard InChI is InChI=1S/C13H19NO2/c1-4-14-13(2,3)12(16)9-10-6-5-7-11(15)8-10/h5-8,14-15H,4,9H2,1-3H3. The molecule has 1 rings (SSSR count). The summed E-state index contributed by atoms with van der Waals surface area (Å²) in [5.41, 5.74) is 0.330. The molecule has 0 aliphatic rings. The van der Waals surface area contributed by atoms with Crippen LogP contribution in [0.3, 0.4) is 0 Å². The van der Waals surface area contributed by atoms with Gasteiger partial charge in [-0.3, -0.25) is 4.79 Å². The van der Waals surface area contributed by atoms with E-state index in [1.54, 1.807) is 18.2 Å². The van der Waals surface area contributed by atoms with Crippen LogP contribution in [-0.2, 0) is 11.2 Å². The molecule has 0 atom stereocenters. The van der Waals surface area contributed by atoms with Gasteiger partial charge in [-0.1, -0.05) is 19.1 Å². The van der Waals surface area contributed by atoms with Crippen molar-refractivity contribution >= 4 is 5.78 Å². The molecule has 0 aliphatic carbocycles. The van der Waals surface area contributed by atoms with Crippen molar-refractivity contribution in [1.29, 1.82) is 0 Å². The highest BCUT2D eigenvalue weighted by molar-refractivity contribution is 5.89. The third-order valence-electron chi connectivity index (χ3n) is 2.59. The van der Waals surface area contributed by atoms with Gasteiger partial charge in [0.1, 0.15) is 5.75 Å². The number of nitrogens with one attached hydrogen (secondary N) is 1. The molecule has 1 aromatic rings. The van der Waals surface area contributed by atoms with Crippen LogP contribution in [0.4, 0.5) is 0 Å². The molecule has 0 saturated heterocycles. The van der Waals surface area contributed by atoms with Crippen molar-refractivity contribution in [3.05, 3.63) is 29.8 Å². The number of rotatable bonds is 5. The van der Waals surface area contributed by atoms with Crippen molar-refractivity contribution in [1.82, 2.24) is 5.32 Å². The summed E-state index contributed by atoms with van der Waals surface area (Å²) < 4.78 is 0. The lowest BCUT2D eigenvalue weighted by molar-refractivity contribution is -0.123. The minimum Gasteiger partial charge on any atom is -0.508 e. The second kappa shape index (κ2) is 5.12. The fraction of sp³-hybridized carbons (Fsp3) is 0.462. The fourth-order valence-electron chi connectivity index (χ4n) is 1.61. The monoisotopic (exact) mass is 221 g/mol. The van der Waals surface area contributed by atoms with Gasteiger partial charge in [-0.2, -0.15) is 0 Å². The SMILES string of the molecule is CCNC(C)(C)C(=O)Cc1cccc(O)c1. The first kappa shape index (κ1) is 12.7. The summed E-state index contributed by atoms with van der Waals surface area (Å²) in [6.07, 6.45) is 0.342. The Morgan fingerprint density at radius 2 is 2.12 bits per heavy atom. The normalized spacial score (nSPS) is 11.4. The summed E-state index contributed by atoms with van der Waals surface area (Å²) in [6.45, 7) is 6.49. The van der Waals surface area contributed by atoms with Crippen LogP contribution in [0.25, 0.3) is 0 Å². The molecule has 0 spiro atoms.